The van der Waals surface area contributed by atoms with Gasteiger partial charge in [0, 0.05) is 22.3 Å². The minimum absolute atomic E-state index is 0.0570. The minimum atomic E-state index is -0.567. The molecule has 0 aliphatic heterocycles. The molecule has 3 aliphatic carbocycles. The molecule has 3 aliphatic rings. The Kier molecular flexibility index (Phi) is 2.16. The van der Waals surface area contributed by atoms with Crippen LogP contribution in [0.15, 0.2) is 23.8 Å². The lowest BCUT2D eigenvalue weighted by Gasteiger charge is -2.32. The van der Waals surface area contributed by atoms with Crippen LogP contribution in [-0.2, 0) is 19.1 Å². The molecule has 0 spiro atoms. The van der Waals surface area contributed by atoms with Gasteiger partial charge in [0.2, 0.25) is 0 Å². The summed E-state index contributed by atoms with van der Waals surface area (Å²) >= 11 is 0. The summed E-state index contributed by atoms with van der Waals surface area (Å²) in [6.45, 7) is 4.09. The fraction of sp³-hybridized carbons (Fsp3) is 0.600. The Balaban J connectivity index is 2.13. The molecule has 0 aromatic heterocycles. The van der Waals surface area contributed by atoms with E-state index in [4.69, 9.17) is 9.47 Å². The second-order valence-electron chi connectivity index (χ2n) is 5.77. The lowest BCUT2D eigenvalue weighted by atomic mass is 9.69. The molecule has 0 aromatic carbocycles. The minimum Gasteiger partial charge on any atom is -0.468 e. The molecule has 0 heterocycles. The van der Waals surface area contributed by atoms with Crippen LogP contribution in [0.3, 0.4) is 0 Å². The average Bonchev–Trinajstić information content (AvgIpc) is 2.85. The standard InChI is InChI=1S/C15H18O4/c1-5-15-10-8-9(11(16)18-3)13(15,2)6-7-14(10,15)12(17)19-4/h6-8,10H,5H2,1-4H3/t10?,13-,14?,15+/m0/s1. The maximum absolute atomic E-state index is 12.2. The van der Waals surface area contributed by atoms with Crippen molar-refractivity contribution in [2.75, 3.05) is 14.2 Å². The molecule has 0 amide bonds. The lowest BCUT2D eigenvalue weighted by molar-refractivity contribution is -0.147. The largest absolute Gasteiger partial charge is 0.468 e. The number of hydrogen-bond donors (Lipinski definition) is 0. The maximum atomic E-state index is 12.2. The molecule has 4 atom stereocenters. The topological polar surface area (TPSA) is 52.6 Å². The van der Waals surface area contributed by atoms with Gasteiger partial charge >= 0.3 is 11.9 Å². The summed E-state index contributed by atoms with van der Waals surface area (Å²) < 4.78 is 9.86. The van der Waals surface area contributed by atoms with Crippen molar-refractivity contribution in [1.29, 1.82) is 0 Å². The molecule has 0 radical (unpaired) electrons. The van der Waals surface area contributed by atoms with Gasteiger partial charge in [0.1, 0.15) is 5.41 Å². The van der Waals surface area contributed by atoms with E-state index in [0.717, 1.165) is 6.42 Å². The Morgan fingerprint density at radius 1 is 1.26 bits per heavy atom. The van der Waals surface area contributed by atoms with Gasteiger partial charge in [-0.1, -0.05) is 32.1 Å². The monoisotopic (exact) mass is 262 g/mol. The Hall–Kier alpha value is -1.58. The predicted molar refractivity (Wildman–Crippen MR) is 68.0 cm³/mol. The Morgan fingerprint density at radius 3 is 2.42 bits per heavy atom. The van der Waals surface area contributed by atoms with Crippen LogP contribution in [0.4, 0.5) is 0 Å². The first-order chi connectivity index (χ1) is 8.96. The molecular weight excluding hydrogens is 244 g/mol. The molecule has 0 saturated heterocycles. The van der Waals surface area contributed by atoms with Gasteiger partial charge < -0.3 is 9.47 Å². The van der Waals surface area contributed by atoms with E-state index in [9.17, 15) is 9.59 Å². The van der Waals surface area contributed by atoms with E-state index < -0.39 is 10.8 Å². The molecule has 102 valence electrons. The third-order valence-corrected chi connectivity index (χ3v) is 5.66. The van der Waals surface area contributed by atoms with Crippen LogP contribution in [0, 0.1) is 22.2 Å². The van der Waals surface area contributed by atoms with Gasteiger partial charge in [-0.15, -0.1) is 0 Å². The summed E-state index contributed by atoms with van der Waals surface area (Å²) in [4.78, 5) is 24.1. The third kappa shape index (κ3) is 0.935. The quantitative estimate of drug-likeness (QED) is 0.575. The van der Waals surface area contributed by atoms with Crippen LogP contribution in [0.2, 0.25) is 0 Å². The van der Waals surface area contributed by atoms with Crippen molar-refractivity contribution in [1.82, 2.24) is 0 Å². The van der Waals surface area contributed by atoms with Gasteiger partial charge in [0.15, 0.2) is 0 Å². The van der Waals surface area contributed by atoms with Gasteiger partial charge in [-0.3, -0.25) is 4.79 Å². The third-order valence-electron chi connectivity index (χ3n) is 5.66. The first-order valence-corrected chi connectivity index (χ1v) is 6.55. The van der Waals surface area contributed by atoms with Crippen LogP contribution in [0.25, 0.3) is 0 Å². The lowest BCUT2D eigenvalue weighted by Crippen LogP contribution is -2.34. The highest BCUT2D eigenvalue weighted by atomic mass is 16.5. The van der Waals surface area contributed by atoms with Gasteiger partial charge in [-0.05, 0) is 6.42 Å². The Bertz CT molecular complexity index is 546. The van der Waals surface area contributed by atoms with E-state index in [1.54, 1.807) is 0 Å². The highest BCUT2D eigenvalue weighted by Crippen LogP contribution is 2.87. The molecule has 1 fully saturated rings. The van der Waals surface area contributed by atoms with E-state index in [2.05, 4.69) is 6.92 Å². The summed E-state index contributed by atoms with van der Waals surface area (Å²) in [5.41, 5.74) is -0.553. The van der Waals surface area contributed by atoms with E-state index in [1.165, 1.54) is 14.2 Å². The second kappa shape index (κ2) is 3.30. The van der Waals surface area contributed by atoms with E-state index in [-0.39, 0.29) is 23.3 Å². The first kappa shape index (κ1) is 12.5. The van der Waals surface area contributed by atoms with Crippen LogP contribution in [-0.4, -0.2) is 26.2 Å². The number of rotatable bonds is 3. The highest BCUT2D eigenvalue weighted by molar-refractivity contribution is 5.98. The molecule has 0 N–H and O–H groups in total. The first-order valence-electron chi connectivity index (χ1n) is 6.55. The number of fused-ring (bicyclic) bond motifs is 1. The number of hydrogen-bond acceptors (Lipinski definition) is 4. The molecule has 2 unspecified atom stereocenters. The van der Waals surface area contributed by atoms with Crippen molar-refractivity contribution < 1.29 is 19.1 Å². The van der Waals surface area contributed by atoms with Gasteiger partial charge in [-0.25, -0.2) is 4.79 Å². The van der Waals surface area contributed by atoms with Crippen molar-refractivity contribution in [3.63, 3.8) is 0 Å². The van der Waals surface area contributed by atoms with Gasteiger partial charge in [-0.2, -0.15) is 0 Å². The van der Waals surface area contributed by atoms with Crippen molar-refractivity contribution in [3.8, 4) is 0 Å². The van der Waals surface area contributed by atoms with E-state index in [1.807, 2.05) is 25.2 Å². The summed E-state index contributed by atoms with van der Waals surface area (Å²) in [5.74, 6) is -0.436. The molecule has 3 rings (SSSR count). The van der Waals surface area contributed by atoms with Crippen molar-refractivity contribution >= 4 is 11.9 Å². The van der Waals surface area contributed by atoms with Gasteiger partial charge in [0.25, 0.3) is 0 Å². The highest BCUT2D eigenvalue weighted by Gasteiger charge is 2.89. The molecule has 4 nitrogen and oxygen atoms in total. The Labute approximate surface area is 112 Å². The fourth-order valence-corrected chi connectivity index (χ4v) is 4.80. The average molecular weight is 262 g/mol. The zero-order chi connectivity index (χ0) is 14.1. The molecule has 0 bridgehead atoms. The number of carbonyl (C=O) groups is 2. The maximum Gasteiger partial charge on any atom is 0.334 e. The van der Waals surface area contributed by atoms with Crippen LogP contribution < -0.4 is 0 Å². The van der Waals surface area contributed by atoms with Crippen LogP contribution in [0.5, 0.6) is 0 Å². The van der Waals surface area contributed by atoms with Crippen LogP contribution in [0.1, 0.15) is 20.3 Å². The summed E-state index contributed by atoms with van der Waals surface area (Å²) in [6.07, 6.45) is 6.68. The van der Waals surface area contributed by atoms with Crippen LogP contribution >= 0.6 is 0 Å². The zero-order valence-corrected chi connectivity index (χ0v) is 11.6. The fourth-order valence-electron chi connectivity index (χ4n) is 4.80. The van der Waals surface area contributed by atoms with Crippen molar-refractivity contribution in [3.05, 3.63) is 23.8 Å². The van der Waals surface area contributed by atoms with Crippen molar-refractivity contribution in [2.45, 2.75) is 20.3 Å². The zero-order valence-electron chi connectivity index (χ0n) is 11.6. The second-order valence-corrected chi connectivity index (χ2v) is 5.77. The van der Waals surface area contributed by atoms with Crippen molar-refractivity contribution in [2.24, 2.45) is 22.2 Å². The molecule has 0 aromatic rings. The SMILES string of the molecule is CC[C@@]12C3C=C(C(=O)OC)[C@]1(C)C=CC32C(=O)OC. The summed E-state index contributed by atoms with van der Waals surface area (Å²) in [5, 5.41) is 0. The molecular formula is C15H18O4. The number of ether oxygens (including phenoxy) is 2. The number of esters is 2. The number of methoxy groups -OCH3 is 2. The molecule has 19 heavy (non-hydrogen) atoms. The molecule has 4 heteroatoms. The Morgan fingerprint density at radius 2 is 1.95 bits per heavy atom. The number of allylic oxidation sites excluding steroid dienone is 2. The van der Waals surface area contributed by atoms with E-state index in [0.29, 0.717) is 5.57 Å². The number of carbonyl (C=O) groups excluding carboxylic acids is 2. The predicted octanol–water partition coefficient (Wildman–Crippen LogP) is 1.86. The summed E-state index contributed by atoms with van der Waals surface area (Å²) in [6, 6.07) is 0. The normalized spacial score (nSPS) is 44.6. The summed E-state index contributed by atoms with van der Waals surface area (Å²) in [7, 11) is 2.81. The van der Waals surface area contributed by atoms with E-state index >= 15 is 0 Å². The molecule has 1 saturated carbocycles. The van der Waals surface area contributed by atoms with Gasteiger partial charge in [0.05, 0.1) is 14.2 Å². The smallest absolute Gasteiger partial charge is 0.334 e.